The Morgan fingerprint density at radius 2 is 2.04 bits per heavy atom. The Kier molecular flexibility index (Phi) is 4.57. The van der Waals surface area contributed by atoms with Crippen molar-refractivity contribution in [3.8, 4) is 0 Å². The van der Waals surface area contributed by atoms with Crippen LogP contribution in [-0.2, 0) is 30.8 Å². The summed E-state index contributed by atoms with van der Waals surface area (Å²) in [6, 6.07) is 3.85. The lowest BCUT2D eigenvalue weighted by atomic mass is 9.77. The Labute approximate surface area is 165 Å². The summed E-state index contributed by atoms with van der Waals surface area (Å²) in [5.74, 6) is 0.770. The lowest BCUT2D eigenvalue weighted by Gasteiger charge is -2.40. The highest BCUT2D eigenvalue weighted by Gasteiger charge is 2.45. The van der Waals surface area contributed by atoms with Crippen molar-refractivity contribution in [1.82, 2.24) is 19.4 Å². The molecule has 0 saturated carbocycles. The zero-order valence-corrected chi connectivity index (χ0v) is 17.3. The molecule has 1 atom stereocenters. The van der Waals surface area contributed by atoms with Crippen LogP contribution in [0.4, 0.5) is 0 Å². The SMILES string of the molecule is Cn1cccc(CN2CCCC3(CCc4c3nc(C(C)(C)C)[nH]c4=O)C2)c1=O. The zero-order valence-electron chi connectivity index (χ0n) is 17.3. The van der Waals surface area contributed by atoms with Crippen molar-refractivity contribution in [2.75, 3.05) is 13.1 Å². The standard InChI is InChI=1S/C22H30N4O2/c1-21(2,3)20-23-17-16(18(27)24-20)8-10-22(17)9-6-12-26(14-22)13-15-7-5-11-25(4)19(15)28/h5,7,11H,6,8-10,12-14H2,1-4H3,(H,23,24,27). The normalized spacial score (nSPS) is 22.6. The van der Waals surface area contributed by atoms with Crippen LogP contribution in [0.5, 0.6) is 0 Å². The molecule has 1 aliphatic carbocycles. The molecule has 2 aliphatic rings. The number of hydrogen-bond donors (Lipinski definition) is 1. The van der Waals surface area contributed by atoms with Crippen LogP contribution in [0, 0.1) is 0 Å². The summed E-state index contributed by atoms with van der Waals surface area (Å²) in [5, 5.41) is 0. The van der Waals surface area contributed by atoms with E-state index in [-0.39, 0.29) is 21.9 Å². The average Bonchev–Trinajstić information content (AvgIpc) is 2.97. The third kappa shape index (κ3) is 3.24. The van der Waals surface area contributed by atoms with Crippen LogP contribution >= 0.6 is 0 Å². The quantitative estimate of drug-likeness (QED) is 0.865. The van der Waals surface area contributed by atoms with Crippen molar-refractivity contribution in [2.24, 2.45) is 7.05 Å². The Bertz CT molecular complexity index is 1010. The van der Waals surface area contributed by atoms with Gasteiger partial charge >= 0.3 is 0 Å². The number of fused-ring (bicyclic) bond motifs is 2. The van der Waals surface area contributed by atoms with Crippen molar-refractivity contribution in [2.45, 2.75) is 63.8 Å². The summed E-state index contributed by atoms with van der Waals surface area (Å²) in [6.07, 6.45) is 5.68. The second kappa shape index (κ2) is 6.69. The van der Waals surface area contributed by atoms with E-state index in [1.807, 2.05) is 12.1 Å². The summed E-state index contributed by atoms with van der Waals surface area (Å²) >= 11 is 0. The first-order valence-electron chi connectivity index (χ1n) is 10.2. The van der Waals surface area contributed by atoms with E-state index in [4.69, 9.17) is 4.98 Å². The maximum Gasteiger partial charge on any atom is 0.254 e. The first kappa shape index (κ1) is 19.1. The number of nitrogens with one attached hydrogen (secondary N) is 1. The number of aryl methyl sites for hydroxylation is 1. The molecule has 0 aromatic carbocycles. The Balaban J connectivity index is 1.67. The minimum Gasteiger partial charge on any atom is -0.318 e. The Hall–Kier alpha value is -2.21. The first-order chi connectivity index (χ1) is 13.2. The summed E-state index contributed by atoms with van der Waals surface area (Å²) in [4.78, 5) is 35.5. The maximum atomic E-state index is 12.7. The number of piperidine rings is 1. The molecule has 1 aliphatic heterocycles. The van der Waals surface area contributed by atoms with E-state index in [0.29, 0.717) is 6.54 Å². The summed E-state index contributed by atoms with van der Waals surface area (Å²) in [7, 11) is 1.79. The highest BCUT2D eigenvalue weighted by molar-refractivity contribution is 5.34. The molecule has 1 unspecified atom stereocenters. The number of likely N-dealkylation sites (tertiary alicyclic amines) is 1. The molecule has 0 radical (unpaired) electrons. The van der Waals surface area contributed by atoms with Crippen LogP contribution < -0.4 is 11.1 Å². The maximum absolute atomic E-state index is 12.7. The van der Waals surface area contributed by atoms with Crippen molar-refractivity contribution in [1.29, 1.82) is 0 Å². The van der Waals surface area contributed by atoms with Crippen LogP contribution in [0.15, 0.2) is 27.9 Å². The van der Waals surface area contributed by atoms with E-state index in [0.717, 1.165) is 61.4 Å². The van der Waals surface area contributed by atoms with Gasteiger partial charge in [-0.1, -0.05) is 26.8 Å². The minimum atomic E-state index is -0.192. The van der Waals surface area contributed by atoms with E-state index in [2.05, 4.69) is 30.7 Å². The molecular formula is C22H30N4O2. The van der Waals surface area contributed by atoms with Gasteiger partial charge in [0.15, 0.2) is 0 Å². The van der Waals surface area contributed by atoms with Gasteiger partial charge in [-0.2, -0.15) is 0 Å². The Morgan fingerprint density at radius 3 is 2.79 bits per heavy atom. The predicted octanol–water partition coefficient (Wildman–Crippen LogP) is 2.25. The van der Waals surface area contributed by atoms with Crippen molar-refractivity contribution in [3.05, 3.63) is 61.7 Å². The van der Waals surface area contributed by atoms with Gasteiger partial charge in [0.05, 0.1) is 5.69 Å². The fraction of sp³-hybridized carbons (Fsp3) is 0.591. The molecule has 3 heterocycles. The minimum absolute atomic E-state index is 0.0286. The summed E-state index contributed by atoms with van der Waals surface area (Å²) in [6.45, 7) is 8.73. The fourth-order valence-electron chi connectivity index (χ4n) is 4.78. The van der Waals surface area contributed by atoms with Crippen LogP contribution in [0.2, 0.25) is 0 Å². The molecular weight excluding hydrogens is 352 g/mol. The van der Waals surface area contributed by atoms with E-state index >= 15 is 0 Å². The van der Waals surface area contributed by atoms with E-state index < -0.39 is 0 Å². The molecule has 28 heavy (non-hydrogen) atoms. The number of hydrogen-bond acceptors (Lipinski definition) is 4. The van der Waals surface area contributed by atoms with Gasteiger partial charge in [-0.25, -0.2) is 4.98 Å². The molecule has 2 aromatic heterocycles. The lowest BCUT2D eigenvalue weighted by Crippen LogP contribution is -2.46. The third-order valence-corrected chi connectivity index (χ3v) is 6.33. The lowest BCUT2D eigenvalue weighted by molar-refractivity contribution is 0.136. The second-order valence-corrected chi connectivity index (χ2v) is 9.54. The summed E-state index contributed by atoms with van der Waals surface area (Å²) < 4.78 is 1.64. The largest absolute Gasteiger partial charge is 0.318 e. The molecule has 1 spiro atoms. The highest BCUT2D eigenvalue weighted by Crippen LogP contribution is 2.43. The predicted molar refractivity (Wildman–Crippen MR) is 110 cm³/mol. The van der Waals surface area contributed by atoms with Gasteiger partial charge in [0.1, 0.15) is 5.82 Å². The molecule has 150 valence electrons. The van der Waals surface area contributed by atoms with E-state index in [1.54, 1.807) is 17.8 Å². The molecule has 4 rings (SSSR count). The number of H-pyrrole nitrogens is 1. The van der Waals surface area contributed by atoms with Gasteiger partial charge in [0.25, 0.3) is 11.1 Å². The number of nitrogens with zero attached hydrogens (tertiary/aromatic N) is 3. The van der Waals surface area contributed by atoms with Crippen molar-refractivity contribution in [3.63, 3.8) is 0 Å². The topological polar surface area (TPSA) is 71.0 Å². The Morgan fingerprint density at radius 1 is 1.25 bits per heavy atom. The van der Waals surface area contributed by atoms with Crippen molar-refractivity contribution >= 4 is 0 Å². The van der Waals surface area contributed by atoms with Gasteiger partial charge in [-0.05, 0) is 38.3 Å². The molecule has 6 nitrogen and oxygen atoms in total. The van der Waals surface area contributed by atoms with Crippen molar-refractivity contribution < 1.29 is 0 Å². The fourth-order valence-corrected chi connectivity index (χ4v) is 4.78. The number of aromatic amines is 1. The molecule has 1 saturated heterocycles. The van der Waals surface area contributed by atoms with Gasteiger partial charge < -0.3 is 9.55 Å². The molecule has 6 heteroatoms. The van der Waals surface area contributed by atoms with E-state index in [1.165, 1.54) is 0 Å². The second-order valence-electron chi connectivity index (χ2n) is 9.54. The highest BCUT2D eigenvalue weighted by atomic mass is 16.1. The third-order valence-electron chi connectivity index (χ3n) is 6.33. The average molecular weight is 383 g/mol. The number of aromatic nitrogens is 3. The van der Waals surface area contributed by atoms with Crippen LogP contribution in [0.25, 0.3) is 0 Å². The van der Waals surface area contributed by atoms with E-state index in [9.17, 15) is 9.59 Å². The number of rotatable bonds is 2. The molecule has 1 fully saturated rings. The van der Waals surface area contributed by atoms with Gasteiger partial charge in [0, 0.05) is 48.3 Å². The number of pyridine rings is 1. The van der Waals surface area contributed by atoms with Gasteiger partial charge in [0.2, 0.25) is 0 Å². The molecule has 1 N–H and O–H groups in total. The van der Waals surface area contributed by atoms with Gasteiger partial charge in [-0.3, -0.25) is 14.5 Å². The molecule has 0 bridgehead atoms. The zero-order chi connectivity index (χ0) is 20.1. The van der Waals surface area contributed by atoms with Gasteiger partial charge in [-0.15, -0.1) is 0 Å². The van der Waals surface area contributed by atoms with Crippen LogP contribution in [-0.4, -0.2) is 32.5 Å². The smallest absolute Gasteiger partial charge is 0.254 e. The van der Waals surface area contributed by atoms with Crippen LogP contribution in [0.1, 0.15) is 62.7 Å². The molecule has 2 aromatic rings. The summed E-state index contributed by atoms with van der Waals surface area (Å²) in [5.41, 5.74) is 2.54. The monoisotopic (exact) mass is 382 g/mol. The molecule has 0 amide bonds. The van der Waals surface area contributed by atoms with Crippen LogP contribution in [0.3, 0.4) is 0 Å². The first-order valence-corrected chi connectivity index (χ1v) is 10.2.